The number of esters is 3. The Morgan fingerprint density at radius 1 is 0.276 bits per heavy atom. The fourth-order valence-electron chi connectivity index (χ4n) is 10.8. The van der Waals surface area contributed by atoms with Gasteiger partial charge in [-0.2, -0.15) is 0 Å². The molecular weight excluding hydrogens is 1360 g/mol. The molecule has 0 aromatic carbocycles. The normalized spacial score (nSPS) is 14.7. The first-order valence-corrected chi connectivity index (χ1v) is 44.1. The van der Waals surface area contributed by atoms with E-state index in [0.717, 1.165) is 167 Å². The lowest BCUT2D eigenvalue weighted by atomic mass is 10.0. The number of phosphoric acid groups is 2. The van der Waals surface area contributed by atoms with Crippen molar-refractivity contribution in [2.45, 2.75) is 347 Å². The Labute approximate surface area is 638 Å². The summed E-state index contributed by atoms with van der Waals surface area (Å²) in [7, 11) is -9.79. The Morgan fingerprint density at radius 3 is 0.810 bits per heavy atom. The highest BCUT2D eigenvalue weighted by molar-refractivity contribution is 7.47. The Morgan fingerprint density at radius 2 is 0.505 bits per heavy atom. The van der Waals surface area contributed by atoms with E-state index in [4.69, 9.17) is 32.3 Å². The van der Waals surface area contributed by atoms with Gasteiger partial charge in [0.25, 0.3) is 0 Å². The van der Waals surface area contributed by atoms with Crippen molar-refractivity contribution in [3.63, 3.8) is 0 Å². The van der Waals surface area contributed by atoms with E-state index in [1.54, 1.807) is 0 Å². The molecule has 0 radical (unpaired) electrons. The molecule has 0 spiro atoms. The van der Waals surface area contributed by atoms with Gasteiger partial charge in [-0.15, -0.1) is 0 Å². The maximum absolute atomic E-state index is 12.9. The number of ether oxygens (including phenoxy) is 3. The van der Waals surface area contributed by atoms with Crippen molar-refractivity contribution in [2.24, 2.45) is 0 Å². The lowest BCUT2D eigenvalue weighted by Crippen LogP contribution is -2.30. The van der Waals surface area contributed by atoms with E-state index in [1.807, 2.05) is 0 Å². The van der Waals surface area contributed by atoms with Crippen molar-refractivity contribution in [3.05, 3.63) is 146 Å². The molecule has 0 aliphatic rings. The minimum absolute atomic E-state index is 0.0916. The van der Waals surface area contributed by atoms with Crippen LogP contribution in [-0.2, 0) is 55.8 Å². The largest absolute Gasteiger partial charge is 0.472 e. The smallest absolute Gasteiger partial charge is 0.463 e. The van der Waals surface area contributed by atoms with Crippen LogP contribution in [-0.4, -0.2) is 95.9 Å². The number of hydrogen-bond donors (Lipinski definition) is 4. The first-order valence-electron chi connectivity index (χ1n) is 41.1. The summed E-state index contributed by atoms with van der Waals surface area (Å²) in [5.41, 5.74) is 0. The van der Waals surface area contributed by atoms with Gasteiger partial charge in [0.1, 0.15) is 25.4 Å². The van der Waals surface area contributed by atoms with Crippen LogP contribution < -0.4 is 0 Å². The molecule has 18 heteroatoms. The van der Waals surface area contributed by atoms with Crippen molar-refractivity contribution in [2.75, 3.05) is 39.6 Å². The molecule has 5 unspecified atom stereocenters. The molecule has 0 heterocycles. The average Bonchev–Trinajstić information content (AvgIpc) is 0.918. The zero-order valence-electron chi connectivity index (χ0n) is 65.9. The lowest BCUT2D eigenvalue weighted by molar-refractivity contribution is -0.161. The van der Waals surface area contributed by atoms with E-state index in [2.05, 4.69) is 167 Å². The van der Waals surface area contributed by atoms with Gasteiger partial charge in [0, 0.05) is 19.3 Å². The van der Waals surface area contributed by atoms with Gasteiger partial charge in [0.2, 0.25) is 0 Å². The van der Waals surface area contributed by atoms with E-state index < -0.39 is 91.5 Å². The van der Waals surface area contributed by atoms with Crippen LogP contribution in [0.5, 0.6) is 0 Å². The van der Waals surface area contributed by atoms with Crippen LogP contribution >= 0.6 is 15.6 Å². The standard InChI is InChI=1S/C87H148O16P2/c1-4-7-10-13-16-19-22-24-26-28-30-32-34-36-38-39-40-41-43-45-46-48-50-52-54-56-59-61-64-67-70-73-85(90)97-76-82(88)77-99-104(93,94)100-78-83(89)79-101-105(95,96)102-81-84(103-87(92)75-72-69-66-63-58-21-18-15-12-9-6-3)80-98-86(91)74-71-68-65-62-60-57-55-53-51-49-47-44-42-37-35-33-31-29-27-25-23-20-17-14-11-8-5-2/h7-8,10-11,15-20,24-27,30-33,36-38,40-42,82-84,88-89H,4-6,9,12-14,21-23,28-29,34-35,39,43-81H2,1-3H3,(H,93,94)(H,95,96)/b10-7-,11-8-,18-15-,19-16-,20-17-,26-24-,27-25-,32-30-,33-31-,38-36-,41-40-,42-37-. The second kappa shape index (κ2) is 79.0. The summed E-state index contributed by atoms with van der Waals surface area (Å²) in [5, 5.41) is 20.6. The molecule has 0 fully saturated rings. The molecule has 0 aromatic heterocycles. The van der Waals surface area contributed by atoms with Gasteiger partial charge in [0.05, 0.1) is 26.4 Å². The maximum Gasteiger partial charge on any atom is 0.472 e. The molecule has 0 saturated heterocycles. The number of allylic oxidation sites excluding steroid dienone is 24. The predicted molar refractivity (Wildman–Crippen MR) is 436 cm³/mol. The minimum atomic E-state index is -4.93. The van der Waals surface area contributed by atoms with Crippen LogP contribution in [0.4, 0.5) is 0 Å². The zero-order chi connectivity index (χ0) is 76.6. The molecule has 5 atom stereocenters. The number of carbonyl (C=O) groups excluding carboxylic acids is 3. The molecule has 105 heavy (non-hydrogen) atoms. The summed E-state index contributed by atoms with van der Waals surface area (Å²) in [5.74, 6) is -1.59. The number of hydrogen-bond acceptors (Lipinski definition) is 14. The summed E-state index contributed by atoms with van der Waals surface area (Å²) in [6, 6.07) is 0. The van der Waals surface area contributed by atoms with E-state index in [0.29, 0.717) is 19.3 Å². The van der Waals surface area contributed by atoms with Crippen LogP contribution in [0.15, 0.2) is 146 Å². The van der Waals surface area contributed by atoms with Gasteiger partial charge in [-0.25, -0.2) is 9.13 Å². The third kappa shape index (κ3) is 80.3. The maximum atomic E-state index is 12.9. The molecule has 0 bridgehead atoms. The van der Waals surface area contributed by atoms with Crippen molar-refractivity contribution in [3.8, 4) is 0 Å². The van der Waals surface area contributed by atoms with Crippen LogP contribution in [0.25, 0.3) is 0 Å². The zero-order valence-corrected chi connectivity index (χ0v) is 67.6. The summed E-state index contributed by atoms with van der Waals surface area (Å²) in [6.45, 7) is 2.41. The predicted octanol–water partition coefficient (Wildman–Crippen LogP) is 24.4. The van der Waals surface area contributed by atoms with E-state index in [1.165, 1.54) is 103 Å². The second-order valence-electron chi connectivity index (χ2n) is 27.2. The highest BCUT2D eigenvalue weighted by Crippen LogP contribution is 2.45. The Kier molecular flexibility index (Phi) is 75.6. The van der Waals surface area contributed by atoms with Gasteiger partial charge in [-0.05, 0) is 135 Å². The molecule has 16 nitrogen and oxygen atoms in total. The van der Waals surface area contributed by atoms with Crippen molar-refractivity contribution >= 4 is 33.6 Å². The second-order valence-corrected chi connectivity index (χ2v) is 30.1. The van der Waals surface area contributed by atoms with Crippen LogP contribution in [0.3, 0.4) is 0 Å². The number of rotatable bonds is 77. The molecule has 4 N–H and O–H groups in total. The number of carbonyl (C=O) groups is 3. The number of aliphatic hydroxyl groups excluding tert-OH is 2. The Hall–Kier alpha value is -4.57. The first kappa shape index (κ1) is 100. The number of aliphatic hydroxyl groups is 2. The third-order valence-electron chi connectivity index (χ3n) is 17.0. The summed E-state index contributed by atoms with van der Waals surface area (Å²) in [4.78, 5) is 58.6. The Balaban J connectivity index is 4.42. The summed E-state index contributed by atoms with van der Waals surface area (Å²) < 4.78 is 61.1. The van der Waals surface area contributed by atoms with Gasteiger partial charge < -0.3 is 34.2 Å². The van der Waals surface area contributed by atoms with Crippen molar-refractivity contribution in [1.82, 2.24) is 0 Å². The summed E-state index contributed by atoms with van der Waals surface area (Å²) >= 11 is 0. The molecule has 0 aliphatic carbocycles. The van der Waals surface area contributed by atoms with Crippen molar-refractivity contribution < 1.29 is 75.8 Å². The Bertz CT molecular complexity index is 2490. The molecule has 0 amide bonds. The molecular formula is C87H148O16P2. The van der Waals surface area contributed by atoms with Crippen LogP contribution in [0.2, 0.25) is 0 Å². The van der Waals surface area contributed by atoms with E-state index in [9.17, 15) is 43.5 Å². The highest BCUT2D eigenvalue weighted by Gasteiger charge is 2.29. The highest BCUT2D eigenvalue weighted by atomic mass is 31.2. The van der Waals surface area contributed by atoms with Gasteiger partial charge in [0.15, 0.2) is 6.10 Å². The fourth-order valence-corrected chi connectivity index (χ4v) is 12.4. The molecule has 0 aliphatic heterocycles. The third-order valence-corrected chi connectivity index (χ3v) is 18.9. The minimum Gasteiger partial charge on any atom is -0.463 e. The summed E-state index contributed by atoms with van der Waals surface area (Å²) in [6.07, 6.45) is 97.7. The van der Waals surface area contributed by atoms with Crippen molar-refractivity contribution in [1.29, 1.82) is 0 Å². The molecule has 602 valence electrons. The van der Waals surface area contributed by atoms with Gasteiger partial charge >= 0.3 is 33.6 Å². The van der Waals surface area contributed by atoms with Gasteiger partial charge in [-0.1, -0.05) is 321 Å². The fraction of sp³-hybridized carbons (Fsp3) is 0.690. The van der Waals surface area contributed by atoms with E-state index in [-0.39, 0.29) is 19.3 Å². The topological polar surface area (TPSA) is 231 Å². The van der Waals surface area contributed by atoms with E-state index >= 15 is 0 Å². The molecule has 0 rings (SSSR count). The quantitative estimate of drug-likeness (QED) is 0.0146. The molecule has 0 aromatic rings. The first-order chi connectivity index (χ1) is 51.2. The average molecular weight is 1510 g/mol. The number of unbranched alkanes of at least 4 members (excludes halogenated alkanes) is 30. The number of phosphoric ester groups is 2. The molecule has 0 saturated carbocycles. The SMILES string of the molecule is CC/C=C\C/C=C\C/C=C\C/C=C\C/C=C\C/C=C\CCCCCCCCCCCCCCC(=O)OCC(O)COP(=O)(O)OCC(O)COP(=O)(O)OCC(COC(=O)CCCCCCCCCCCCC/C=C\C/C=C\C/C=C\C/C=C\C/C=C\CC)OC(=O)CCCCCCC/C=C\CCCC. The van der Waals surface area contributed by atoms with Crippen LogP contribution in [0.1, 0.15) is 329 Å². The van der Waals surface area contributed by atoms with Crippen LogP contribution in [0, 0.1) is 0 Å². The lowest BCUT2D eigenvalue weighted by Gasteiger charge is -2.21. The monoisotopic (exact) mass is 1510 g/mol. The van der Waals surface area contributed by atoms with Gasteiger partial charge in [-0.3, -0.25) is 32.5 Å².